The van der Waals surface area contributed by atoms with Gasteiger partial charge in [-0.1, -0.05) is 15.9 Å². The first-order valence-corrected chi connectivity index (χ1v) is 6.26. The van der Waals surface area contributed by atoms with E-state index in [1.54, 1.807) is 11.3 Å². The van der Waals surface area contributed by atoms with Crippen molar-refractivity contribution in [2.45, 2.75) is 12.5 Å². The van der Waals surface area contributed by atoms with Crippen LogP contribution in [-0.4, -0.2) is 5.11 Å². The van der Waals surface area contributed by atoms with Gasteiger partial charge in [0, 0.05) is 19.9 Å². The molecule has 0 amide bonds. The number of benzene rings is 1. The molecule has 0 saturated carbocycles. The van der Waals surface area contributed by atoms with Crippen LogP contribution in [0.15, 0.2) is 22.7 Å². The average Bonchev–Trinajstić information content (AvgIpc) is 2.58. The van der Waals surface area contributed by atoms with Crippen LogP contribution in [0.25, 0.3) is 10.1 Å². The third kappa shape index (κ3) is 1.82. The topological polar surface area (TPSA) is 20.2 Å². The summed E-state index contributed by atoms with van der Waals surface area (Å²) in [6, 6.07) is 6.11. The fourth-order valence-electron chi connectivity index (χ4n) is 1.34. The fourth-order valence-corrected chi connectivity index (χ4v) is 3.19. The highest BCUT2D eigenvalue weighted by Crippen LogP contribution is 2.31. The van der Waals surface area contributed by atoms with Crippen molar-refractivity contribution in [1.82, 2.24) is 0 Å². The first kappa shape index (κ1) is 10.4. The number of hydrogen-bond donors (Lipinski definition) is 1. The molecule has 1 aromatic heterocycles. The number of rotatable bonds is 2. The van der Waals surface area contributed by atoms with Crippen LogP contribution in [0, 0.1) is 0 Å². The zero-order valence-electron chi connectivity index (χ0n) is 7.26. The molecule has 4 heteroatoms. The zero-order valence-corrected chi connectivity index (χ0v) is 10.4. The molecular weight excluding hydrogens is 284 g/mol. The maximum Gasteiger partial charge on any atom is 0.0774 e. The predicted octanol–water partition coefficient (Wildman–Crippen LogP) is 3.89. The van der Waals surface area contributed by atoms with Crippen molar-refractivity contribution in [2.24, 2.45) is 0 Å². The number of alkyl halides is 1. The molecule has 14 heavy (non-hydrogen) atoms. The number of thiophene rings is 1. The molecule has 0 aliphatic heterocycles. The second-order valence-electron chi connectivity index (χ2n) is 2.99. The van der Waals surface area contributed by atoms with Gasteiger partial charge in [0.2, 0.25) is 0 Å². The molecule has 0 radical (unpaired) electrons. The lowest BCUT2D eigenvalue weighted by Crippen LogP contribution is -1.78. The first-order chi connectivity index (χ1) is 6.74. The highest BCUT2D eigenvalue weighted by molar-refractivity contribution is 9.10. The van der Waals surface area contributed by atoms with Crippen LogP contribution >= 0.6 is 38.9 Å². The Morgan fingerprint density at radius 2 is 2.14 bits per heavy atom. The summed E-state index contributed by atoms with van der Waals surface area (Å²) in [7, 11) is 0. The molecule has 0 bridgehead atoms. The Hall–Kier alpha value is -0.0900. The number of fused-ring (bicyclic) bond motifs is 1. The molecule has 0 saturated heterocycles. The van der Waals surface area contributed by atoms with E-state index < -0.39 is 0 Å². The third-order valence-electron chi connectivity index (χ3n) is 2.04. The zero-order chi connectivity index (χ0) is 10.1. The van der Waals surface area contributed by atoms with Crippen molar-refractivity contribution in [3.63, 3.8) is 0 Å². The molecule has 0 fully saturated rings. The summed E-state index contributed by atoms with van der Waals surface area (Å²) in [5.74, 6) is 0.503. The van der Waals surface area contributed by atoms with Crippen LogP contribution in [0.4, 0.5) is 0 Å². The van der Waals surface area contributed by atoms with Crippen LogP contribution in [0.3, 0.4) is 0 Å². The molecule has 0 unspecified atom stereocenters. The minimum atomic E-state index is 0.104. The summed E-state index contributed by atoms with van der Waals surface area (Å²) in [4.78, 5) is 0.985. The molecule has 2 rings (SSSR count). The average molecular weight is 292 g/mol. The highest BCUT2D eigenvalue weighted by Gasteiger charge is 2.05. The van der Waals surface area contributed by atoms with Gasteiger partial charge in [0.25, 0.3) is 0 Å². The standard InChI is InChI=1S/C10H8BrClOS/c11-9-2-6-1-8(5-13)14-10(6)3-7(9)4-12/h1-3,13H,4-5H2. The Morgan fingerprint density at radius 1 is 1.36 bits per heavy atom. The van der Waals surface area contributed by atoms with Crippen molar-refractivity contribution < 1.29 is 5.11 Å². The van der Waals surface area contributed by atoms with Crippen LogP contribution in [0.5, 0.6) is 0 Å². The van der Waals surface area contributed by atoms with Crippen LogP contribution in [0.2, 0.25) is 0 Å². The Kier molecular flexibility index (Phi) is 3.12. The van der Waals surface area contributed by atoms with Crippen molar-refractivity contribution in [2.75, 3.05) is 0 Å². The van der Waals surface area contributed by atoms with E-state index in [9.17, 15) is 0 Å². The third-order valence-corrected chi connectivity index (χ3v) is 4.14. The summed E-state index contributed by atoms with van der Waals surface area (Å²) in [5.41, 5.74) is 1.09. The summed E-state index contributed by atoms with van der Waals surface area (Å²) >= 11 is 10.9. The van der Waals surface area contributed by atoms with Crippen molar-refractivity contribution >= 4 is 49.0 Å². The summed E-state index contributed by atoms with van der Waals surface area (Å²) in [6.45, 7) is 0.104. The second kappa shape index (κ2) is 4.19. The van der Waals surface area contributed by atoms with Crippen LogP contribution in [0.1, 0.15) is 10.4 Å². The molecule has 2 aromatic rings. The van der Waals surface area contributed by atoms with E-state index in [1.165, 1.54) is 4.70 Å². The van der Waals surface area contributed by atoms with E-state index in [0.29, 0.717) is 5.88 Å². The molecule has 1 nitrogen and oxygen atoms in total. The maximum atomic E-state index is 9.01. The smallest absolute Gasteiger partial charge is 0.0774 e. The minimum absolute atomic E-state index is 0.104. The van der Waals surface area contributed by atoms with Crippen LogP contribution < -0.4 is 0 Å². The second-order valence-corrected chi connectivity index (χ2v) is 5.28. The number of hydrogen-bond acceptors (Lipinski definition) is 2. The monoisotopic (exact) mass is 290 g/mol. The summed E-state index contributed by atoms with van der Waals surface area (Å²) in [5, 5.41) is 10.2. The molecule has 0 aliphatic carbocycles. The normalized spacial score (nSPS) is 11.1. The fraction of sp³-hybridized carbons (Fsp3) is 0.200. The van der Waals surface area contributed by atoms with Gasteiger partial charge >= 0.3 is 0 Å². The largest absolute Gasteiger partial charge is 0.391 e. The van der Waals surface area contributed by atoms with Crippen molar-refractivity contribution in [3.05, 3.63) is 33.1 Å². The van der Waals surface area contributed by atoms with Gasteiger partial charge in [0.15, 0.2) is 0 Å². The molecule has 1 heterocycles. The molecule has 0 atom stereocenters. The Balaban J connectivity index is 2.64. The van der Waals surface area contributed by atoms with E-state index in [-0.39, 0.29) is 6.61 Å². The number of aliphatic hydroxyl groups is 1. The molecule has 1 aromatic carbocycles. The van der Waals surface area contributed by atoms with Gasteiger partial charge < -0.3 is 5.11 Å². The molecule has 1 N–H and O–H groups in total. The molecular formula is C10H8BrClOS. The summed E-state index contributed by atoms with van der Waals surface area (Å²) in [6.07, 6.45) is 0. The minimum Gasteiger partial charge on any atom is -0.391 e. The van der Waals surface area contributed by atoms with Gasteiger partial charge in [-0.05, 0) is 29.1 Å². The van der Waals surface area contributed by atoms with Gasteiger partial charge in [0.05, 0.1) is 6.61 Å². The predicted molar refractivity (Wildman–Crippen MR) is 65.0 cm³/mol. The van der Waals surface area contributed by atoms with E-state index in [2.05, 4.69) is 22.0 Å². The van der Waals surface area contributed by atoms with Crippen LogP contribution in [-0.2, 0) is 12.5 Å². The maximum absolute atomic E-state index is 9.01. The molecule has 0 aliphatic rings. The molecule has 0 spiro atoms. The lowest BCUT2D eigenvalue weighted by molar-refractivity contribution is 0.285. The highest BCUT2D eigenvalue weighted by atomic mass is 79.9. The van der Waals surface area contributed by atoms with Gasteiger partial charge in [0.1, 0.15) is 0 Å². The van der Waals surface area contributed by atoms with Crippen molar-refractivity contribution in [1.29, 1.82) is 0 Å². The Labute approximate surface area is 99.4 Å². The lowest BCUT2D eigenvalue weighted by atomic mass is 10.2. The molecule has 74 valence electrons. The Bertz CT molecular complexity index is 466. The number of aliphatic hydroxyl groups excluding tert-OH is 1. The van der Waals surface area contributed by atoms with E-state index in [0.717, 1.165) is 20.3 Å². The van der Waals surface area contributed by atoms with Gasteiger partial charge in [-0.2, -0.15) is 0 Å². The summed E-state index contributed by atoms with van der Waals surface area (Å²) < 4.78 is 2.20. The van der Waals surface area contributed by atoms with E-state index >= 15 is 0 Å². The number of halogens is 2. The SMILES string of the molecule is OCc1cc2cc(Br)c(CCl)cc2s1. The Morgan fingerprint density at radius 3 is 2.79 bits per heavy atom. The quantitative estimate of drug-likeness (QED) is 0.832. The van der Waals surface area contributed by atoms with Gasteiger partial charge in [-0.25, -0.2) is 0 Å². The lowest BCUT2D eigenvalue weighted by Gasteiger charge is -1.99. The van der Waals surface area contributed by atoms with Gasteiger partial charge in [-0.15, -0.1) is 22.9 Å². The van der Waals surface area contributed by atoms with E-state index in [4.69, 9.17) is 16.7 Å². The van der Waals surface area contributed by atoms with Crippen molar-refractivity contribution in [3.8, 4) is 0 Å². The first-order valence-electron chi connectivity index (χ1n) is 4.12. The van der Waals surface area contributed by atoms with E-state index in [1.807, 2.05) is 12.1 Å². The van der Waals surface area contributed by atoms with Gasteiger partial charge in [-0.3, -0.25) is 0 Å².